The Hall–Kier alpha value is -2.93. The molecule has 0 bridgehead atoms. The lowest BCUT2D eigenvalue weighted by Gasteiger charge is -2.53. The number of rotatable bonds is 4. The molecule has 3 rings (SSSR count). The fourth-order valence-electron chi connectivity index (χ4n) is 3.36. The number of carboxylic acid groups (broad SMARTS) is 1. The summed E-state index contributed by atoms with van der Waals surface area (Å²) >= 11 is 0. The number of nitrogens with one attached hydrogen (secondary N) is 1. The van der Waals surface area contributed by atoms with Crippen LogP contribution < -0.4 is 11.1 Å². The van der Waals surface area contributed by atoms with E-state index < -0.39 is 41.3 Å². The standard InChI is InChI=1S/C19H21N3O4/c1-10-15-14(21-16(23)13(20)11-7-5-4-6-8-11)17(24)22(15)12(18(25)26)9-19(10,2)3/h4-9,13-15H,1,20H2,2-3H3,(H,21,23)(H,25,26)/t13?,14-,15?/m0/s1. The number of aliphatic carboxylic acids is 1. The van der Waals surface area contributed by atoms with E-state index in [0.717, 1.165) is 0 Å². The summed E-state index contributed by atoms with van der Waals surface area (Å²) in [6, 6.07) is 6.43. The number of hydrogen-bond donors (Lipinski definition) is 3. The summed E-state index contributed by atoms with van der Waals surface area (Å²) in [6.45, 7) is 7.68. The number of carbonyl (C=O) groups excluding carboxylic acids is 2. The highest BCUT2D eigenvalue weighted by Gasteiger charge is 2.57. The molecule has 0 aliphatic carbocycles. The molecule has 2 unspecified atom stereocenters. The summed E-state index contributed by atoms with van der Waals surface area (Å²) in [6.07, 6.45) is 1.51. The van der Waals surface area contributed by atoms with Crippen molar-refractivity contribution in [3.63, 3.8) is 0 Å². The van der Waals surface area contributed by atoms with E-state index in [1.165, 1.54) is 11.0 Å². The number of β-lactam (4-membered cyclic amide) rings is 1. The second-order valence-electron chi connectivity index (χ2n) is 7.11. The largest absolute Gasteiger partial charge is 0.477 e. The lowest BCUT2D eigenvalue weighted by molar-refractivity contribution is -0.154. The molecular formula is C19H21N3O4. The molecule has 1 aromatic rings. The maximum absolute atomic E-state index is 12.5. The smallest absolute Gasteiger partial charge is 0.352 e. The van der Waals surface area contributed by atoms with Crippen LogP contribution >= 0.6 is 0 Å². The third kappa shape index (κ3) is 2.70. The van der Waals surface area contributed by atoms with Crippen LogP contribution in [0.2, 0.25) is 0 Å². The number of nitrogens with zero attached hydrogens (tertiary/aromatic N) is 1. The Bertz CT molecular complexity index is 828. The van der Waals surface area contributed by atoms with Gasteiger partial charge < -0.3 is 16.2 Å². The van der Waals surface area contributed by atoms with Gasteiger partial charge in [0.05, 0.1) is 6.04 Å². The van der Waals surface area contributed by atoms with Gasteiger partial charge in [0.25, 0.3) is 5.91 Å². The number of fused-ring (bicyclic) bond motifs is 1. The van der Waals surface area contributed by atoms with Crippen molar-refractivity contribution in [2.45, 2.75) is 32.0 Å². The Balaban J connectivity index is 1.82. The molecule has 7 heteroatoms. The van der Waals surface area contributed by atoms with Crippen LogP contribution in [0.1, 0.15) is 25.5 Å². The second kappa shape index (κ2) is 6.10. The van der Waals surface area contributed by atoms with Crippen LogP contribution in [-0.2, 0) is 14.4 Å². The zero-order valence-corrected chi connectivity index (χ0v) is 14.6. The SMILES string of the molecule is C=C1C2[C@H](NC(=O)C(N)c3ccccc3)C(=O)N2C(C(=O)O)=CC1(C)C. The Labute approximate surface area is 151 Å². The lowest BCUT2D eigenvalue weighted by Crippen LogP contribution is -2.73. The van der Waals surface area contributed by atoms with Crippen LogP contribution in [-0.4, -0.2) is 39.9 Å². The number of benzene rings is 1. The number of nitrogens with two attached hydrogens (primary N) is 1. The molecule has 1 aromatic carbocycles. The highest BCUT2D eigenvalue weighted by molar-refractivity contribution is 6.03. The van der Waals surface area contributed by atoms with E-state index in [2.05, 4.69) is 11.9 Å². The number of allylic oxidation sites excluding steroid dienone is 1. The van der Waals surface area contributed by atoms with Crippen LogP contribution in [0.15, 0.2) is 54.3 Å². The van der Waals surface area contributed by atoms with Gasteiger partial charge in [-0.3, -0.25) is 14.5 Å². The first-order valence-electron chi connectivity index (χ1n) is 8.24. The molecular weight excluding hydrogens is 334 g/mol. The van der Waals surface area contributed by atoms with Gasteiger partial charge in [0.2, 0.25) is 5.91 Å². The van der Waals surface area contributed by atoms with E-state index in [1.807, 2.05) is 19.9 Å². The summed E-state index contributed by atoms with van der Waals surface area (Å²) in [5.41, 5.74) is 6.57. The highest BCUT2D eigenvalue weighted by Crippen LogP contribution is 2.44. The van der Waals surface area contributed by atoms with E-state index >= 15 is 0 Å². The van der Waals surface area contributed by atoms with Crippen molar-refractivity contribution < 1.29 is 19.5 Å². The third-order valence-electron chi connectivity index (χ3n) is 5.00. The predicted molar refractivity (Wildman–Crippen MR) is 94.6 cm³/mol. The van der Waals surface area contributed by atoms with Gasteiger partial charge in [-0.1, -0.05) is 50.8 Å². The molecule has 1 fully saturated rings. The van der Waals surface area contributed by atoms with Crippen molar-refractivity contribution >= 4 is 17.8 Å². The van der Waals surface area contributed by atoms with Gasteiger partial charge in [-0.25, -0.2) is 4.79 Å². The zero-order valence-electron chi connectivity index (χ0n) is 14.6. The first-order chi connectivity index (χ1) is 12.1. The summed E-state index contributed by atoms with van der Waals surface area (Å²) in [5, 5.41) is 12.1. The minimum Gasteiger partial charge on any atom is -0.477 e. The molecule has 4 N–H and O–H groups in total. The Morgan fingerprint density at radius 3 is 2.50 bits per heavy atom. The van der Waals surface area contributed by atoms with Gasteiger partial charge in [0.15, 0.2) is 0 Å². The monoisotopic (exact) mass is 355 g/mol. The Morgan fingerprint density at radius 1 is 1.31 bits per heavy atom. The molecule has 0 saturated carbocycles. The van der Waals surface area contributed by atoms with Gasteiger partial charge in [-0.05, 0) is 17.2 Å². The van der Waals surface area contributed by atoms with Crippen molar-refractivity contribution in [3.05, 3.63) is 59.8 Å². The maximum atomic E-state index is 12.5. The molecule has 2 aliphatic heterocycles. The van der Waals surface area contributed by atoms with E-state index in [0.29, 0.717) is 11.1 Å². The molecule has 0 radical (unpaired) electrons. The van der Waals surface area contributed by atoms with Gasteiger partial charge in [0, 0.05) is 5.41 Å². The highest BCUT2D eigenvalue weighted by atomic mass is 16.4. The minimum atomic E-state index is -1.19. The number of carboxylic acids is 1. The van der Waals surface area contributed by atoms with Crippen molar-refractivity contribution in [2.24, 2.45) is 11.1 Å². The third-order valence-corrected chi connectivity index (χ3v) is 5.00. The van der Waals surface area contributed by atoms with Crippen LogP contribution in [0.3, 0.4) is 0 Å². The first-order valence-corrected chi connectivity index (χ1v) is 8.24. The van der Waals surface area contributed by atoms with Crippen molar-refractivity contribution in [1.29, 1.82) is 0 Å². The average Bonchev–Trinajstić information content (AvgIpc) is 2.61. The quantitative estimate of drug-likeness (QED) is 0.550. The average molecular weight is 355 g/mol. The van der Waals surface area contributed by atoms with E-state index in [1.54, 1.807) is 24.3 Å². The lowest BCUT2D eigenvalue weighted by atomic mass is 9.70. The fraction of sp³-hybridized carbons (Fsp3) is 0.316. The van der Waals surface area contributed by atoms with Crippen LogP contribution in [0.4, 0.5) is 0 Å². The fourth-order valence-corrected chi connectivity index (χ4v) is 3.36. The van der Waals surface area contributed by atoms with Crippen molar-refractivity contribution in [3.8, 4) is 0 Å². The maximum Gasteiger partial charge on any atom is 0.352 e. The molecule has 2 aliphatic rings. The normalized spacial score (nSPS) is 24.9. The van der Waals surface area contributed by atoms with Gasteiger partial charge in [-0.15, -0.1) is 0 Å². The summed E-state index contributed by atoms with van der Waals surface area (Å²) in [4.78, 5) is 37.7. The molecule has 136 valence electrons. The van der Waals surface area contributed by atoms with Gasteiger partial charge in [0.1, 0.15) is 17.8 Å². The predicted octanol–water partition coefficient (Wildman–Crippen LogP) is 0.946. The summed E-state index contributed by atoms with van der Waals surface area (Å²) in [5.74, 6) is -2.16. The molecule has 0 spiro atoms. The van der Waals surface area contributed by atoms with Crippen LogP contribution in [0, 0.1) is 5.41 Å². The molecule has 0 aromatic heterocycles. The molecule has 26 heavy (non-hydrogen) atoms. The molecule has 1 saturated heterocycles. The topological polar surface area (TPSA) is 113 Å². The van der Waals surface area contributed by atoms with Crippen molar-refractivity contribution in [2.75, 3.05) is 0 Å². The number of hydrogen-bond acceptors (Lipinski definition) is 4. The van der Waals surface area contributed by atoms with Crippen LogP contribution in [0.25, 0.3) is 0 Å². The van der Waals surface area contributed by atoms with Crippen LogP contribution in [0.5, 0.6) is 0 Å². The minimum absolute atomic E-state index is 0.0877. The second-order valence-corrected chi connectivity index (χ2v) is 7.11. The number of carbonyl (C=O) groups is 3. The zero-order chi connectivity index (χ0) is 19.2. The van der Waals surface area contributed by atoms with Crippen molar-refractivity contribution in [1.82, 2.24) is 10.2 Å². The Kier molecular flexibility index (Phi) is 4.20. The molecule has 3 atom stereocenters. The van der Waals surface area contributed by atoms with Gasteiger partial charge >= 0.3 is 5.97 Å². The Morgan fingerprint density at radius 2 is 1.92 bits per heavy atom. The van der Waals surface area contributed by atoms with E-state index in [4.69, 9.17) is 5.73 Å². The summed E-state index contributed by atoms with van der Waals surface area (Å²) in [7, 11) is 0. The molecule has 2 amide bonds. The van der Waals surface area contributed by atoms with E-state index in [9.17, 15) is 19.5 Å². The van der Waals surface area contributed by atoms with E-state index in [-0.39, 0.29) is 5.70 Å². The molecule has 7 nitrogen and oxygen atoms in total. The number of amides is 2. The van der Waals surface area contributed by atoms with Gasteiger partial charge in [-0.2, -0.15) is 0 Å². The molecule has 2 heterocycles. The summed E-state index contributed by atoms with van der Waals surface area (Å²) < 4.78 is 0. The first kappa shape index (κ1) is 17.9.